The lowest BCUT2D eigenvalue weighted by Gasteiger charge is -2.13. The molecule has 4 nitrogen and oxygen atoms in total. The Hall–Kier alpha value is -2.09. The van der Waals surface area contributed by atoms with Gasteiger partial charge in [-0.25, -0.2) is 9.18 Å². The molecule has 1 fully saturated rings. The zero-order valence-electron chi connectivity index (χ0n) is 12.8. The van der Waals surface area contributed by atoms with Crippen LogP contribution < -0.4 is 4.90 Å². The van der Waals surface area contributed by atoms with Crippen molar-refractivity contribution in [2.45, 2.75) is 51.6 Å². The van der Waals surface area contributed by atoms with Crippen LogP contribution in [0.5, 0.6) is 0 Å². The Balaban J connectivity index is 1.96. The quantitative estimate of drug-likeness (QED) is 0.710. The van der Waals surface area contributed by atoms with E-state index in [4.69, 9.17) is 10.00 Å². The molecule has 1 aliphatic heterocycles. The zero-order valence-corrected chi connectivity index (χ0v) is 12.8. The van der Waals surface area contributed by atoms with Gasteiger partial charge in [-0.05, 0) is 25.0 Å². The maximum absolute atomic E-state index is 13.9. The molecule has 118 valence electrons. The molecule has 22 heavy (non-hydrogen) atoms. The highest BCUT2D eigenvalue weighted by Gasteiger charge is 2.32. The molecule has 1 heterocycles. The normalized spacial score (nSPS) is 17.4. The molecule has 0 saturated carbocycles. The average Bonchev–Trinajstić information content (AvgIpc) is 2.87. The molecule has 1 aliphatic rings. The van der Waals surface area contributed by atoms with Crippen molar-refractivity contribution < 1.29 is 13.9 Å². The molecule has 0 spiro atoms. The monoisotopic (exact) mass is 304 g/mol. The van der Waals surface area contributed by atoms with Crippen LogP contribution in [0.2, 0.25) is 0 Å². The smallest absolute Gasteiger partial charge is 0.414 e. The van der Waals surface area contributed by atoms with Crippen LogP contribution >= 0.6 is 0 Å². The number of hydrogen-bond donors (Lipinski definition) is 0. The molecule has 0 aromatic heterocycles. The van der Waals surface area contributed by atoms with E-state index >= 15 is 0 Å². The lowest BCUT2D eigenvalue weighted by Crippen LogP contribution is -2.24. The Labute approximate surface area is 130 Å². The van der Waals surface area contributed by atoms with Crippen LogP contribution in [0.4, 0.5) is 14.9 Å². The average molecular weight is 304 g/mol. The summed E-state index contributed by atoms with van der Waals surface area (Å²) in [4.78, 5) is 13.4. The van der Waals surface area contributed by atoms with Crippen molar-refractivity contribution in [2.75, 3.05) is 11.4 Å². The minimum atomic E-state index is -0.460. The molecule has 1 aromatic carbocycles. The van der Waals surface area contributed by atoms with E-state index in [2.05, 4.69) is 6.92 Å². The van der Waals surface area contributed by atoms with Gasteiger partial charge in [-0.15, -0.1) is 0 Å². The number of carbonyl (C=O) groups is 1. The van der Waals surface area contributed by atoms with Crippen molar-refractivity contribution in [2.24, 2.45) is 0 Å². The SMILES string of the molecule is CCCCCCC1CN(c2ccc(CC#N)c(F)c2)C(=O)O1. The van der Waals surface area contributed by atoms with Gasteiger partial charge in [0.1, 0.15) is 11.9 Å². The van der Waals surface area contributed by atoms with Gasteiger partial charge in [-0.2, -0.15) is 5.26 Å². The van der Waals surface area contributed by atoms with E-state index in [1.165, 1.54) is 23.8 Å². The molecule has 0 N–H and O–H groups in total. The molecule has 2 rings (SSSR count). The van der Waals surface area contributed by atoms with Crippen LogP contribution in [0.15, 0.2) is 18.2 Å². The molecular weight excluding hydrogens is 283 g/mol. The van der Waals surface area contributed by atoms with Gasteiger partial charge in [0.25, 0.3) is 0 Å². The van der Waals surface area contributed by atoms with Crippen molar-refractivity contribution in [3.05, 3.63) is 29.6 Å². The van der Waals surface area contributed by atoms with Crippen LogP contribution in [0, 0.1) is 17.1 Å². The van der Waals surface area contributed by atoms with E-state index in [1.54, 1.807) is 12.1 Å². The van der Waals surface area contributed by atoms with Gasteiger partial charge >= 0.3 is 6.09 Å². The summed E-state index contributed by atoms with van der Waals surface area (Å²) in [6, 6.07) is 6.43. The van der Waals surface area contributed by atoms with Crippen LogP contribution in [0.25, 0.3) is 0 Å². The molecule has 1 saturated heterocycles. The fourth-order valence-electron chi connectivity index (χ4n) is 2.61. The first-order valence-electron chi connectivity index (χ1n) is 7.79. The molecule has 1 aromatic rings. The van der Waals surface area contributed by atoms with Crippen molar-refractivity contribution >= 4 is 11.8 Å². The van der Waals surface area contributed by atoms with Gasteiger partial charge in [0.2, 0.25) is 0 Å². The summed E-state index contributed by atoms with van der Waals surface area (Å²) in [5.74, 6) is -0.460. The van der Waals surface area contributed by atoms with Gasteiger partial charge < -0.3 is 4.74 Å². The van der Waals surface area contributed by atoms with Crippen LogP contribution in [-0.2, 0) is 11.2 Å². The highest BCUT2D eigenvalue weighted by atomic mass is 19.1. The summed E-state index contributed by atoms with van der Waals surface area (Å²) >= 11 is 0. The number of ether oxygens (including phenoxy) is 1. The minimum absolute atomic E-state index is 0.0244. The fraction of sp³-hybridized carbons (Fsp3) is 0.529. The van der Waals surface area contributed by atoms with Crippen molar-refractivity contribution in [1.82, 2.24) is 0 Å². The van der Waals surface area contributed by atoms with E-state index in [1.807, 2.05) is 6.07 Å². The predicted molar refractivity (Wildman–Crippen MR) is 82.1 cm³/mol. The van der Waals surface area contributed by atoms with Gasteiger partial charge in [0.15, 0.2) is 0 Å². The molecule has 5 heteroatoms. The molecule has 1 amide bonds. The number of anilines is 1. The third kappa shape index (κ3) is 3.97. The lowest BCUT2D eigenvalue weighted by atomic mass is 10.1. The Morgan fingerprint density at radius 2 is 2.23 bits per heavy atom. The van der Waals surface area contributed by atoms with E-state index < -0.39 is 11.9 Å². The number of nitriles is 1. The van der Waals surface area contributed by atoms with Crippen molar-refractivity contribution in [3.63, 3.8) is 0 Å². The first-order chi connectivity index (χ1) is 10.7. The zero-order chi connectivity index (χ0) is 15.9. The molecule has 0 aliphatic carbocycles. The van der Waals surface area contributed by atoms with Crippen LogP contribution in [0.3, 0.4) is 0 Å². The maximum atomic E-state index is 13.9. The Kier molecular flexibility index (Phi) is 5.76. The third-order valence-electron chi connectivity index (χ3n) is 3.87. The molecule has 0 radical (unpaired) electrons. The molecule has 1 unspecified atom stereocenters. The fourth-order valence-corrected chi connectivity index (χ4v) is 2.61. The second-order valence-corrected chi connectivity index (χ2v) is 5.58. The first kappa shape index (κ1) is 16.3. The summed E-state index contributed by atoms with van der Waals surface area (Å²) in [5, 5.41) is 8.62. The number of cyclic esters (lactones) is 1. The Morgan fingerprint density at radius 3 is 2.91 bits per heavy atom. The molecule has 0 bridgehead atoms. The predicted octanol–water partition coefficient (Wildman–Crippen LogP) is 4.19. The minimum Gasteiger partial charge on any atom is -0.444 e. The van der Waals surface area contributed by atoms with Crippen LogP contribution in [0.1, 0.15) is 44.6 Å². The number of amides is 1. The number of hydrogen-bond acceptors (Lipinski definition) is 3. The van der Waals surface area contributed by atoms with E-state index in [-0.39, 0.29) is 12.5 Å². The summed E-state index contributed by atoms with van der Waals surface area (Å²) in [6.07, 6.45) is 4.87. The standard InChI is InChI=1S/C17H21FN2O2/c1-2-3-4-5-6-15-12-20(17(21)22-15)14-8-7-13(9-10-19)16(18)11-14/h7-8,11,15H,2-6,9,12H2,1H3. The summed E-state index contributed by atoms with van der Waals surface area (Å²) in [6.45, 7) is 2.61. The molecule has 1 atom stereocenters. The second kappa shape index (κ2) is 7.79. The number of halogens is 1. The van der Waals surface area contributed by atoms with Gasteiger partial charge in [-0.1, -0.05) is 32.3 Å². The largest absolute Gasteiger partial charge is 0.444 e. The van der Waals surface area contributed by atoms with Gasteiger partial charge in [0, 0.05) is 5.56 Å². The topological polar surface area (TPSA) is 53.3 Å². The second-order valence-electron chi connectivity index (χ2n) is 5.58. The number of rotatable bonds is 7. The summed E-state index contributed by atoms with van der Waals surface area (Å²) in [5.41, 5.74) is 0.829. The van der Waals surface area contributed by atoms with Gasteiger partial charge in [-0.3, -0.25) is 4.90 Å². The number of benzene rings is 1. The molecular formula is C17H21FN2O2. The van der Waals surface area contributed by atoms with Crippen LogP contribution in [-0.4, -0.2) is 18.7 Å². The summed E-state index contributed by atoms with van der Waals surface area (Å²) in [7, 11) is 0. The van der Waals surface area contributed by atoms with Crippen molar-refractivity contribution in [3.8, 4) is 6.07 Å². The lowest BCUT2D eigenvalue weighted by molar-refractivity contribution is 0.135. The number of unbranched alkanes of at least 4 members (excludes halogenated alkanes) is 3. The Morgan fingerprint density at radius 1 is 1.41 bits per heavy atom. The van der Waals surface area contributed by atoms with Crippen molar-refractivity contribution in [1.29, 1.82) is 5.26 Å². The first-order valence-corrected chi connectivity index (χ1v) is 7.79. The number of nitrogens with zero attached hydrogens (tertiary/aromatic N) is 2. The summed E-state index contributed by atoms with van der Waals surface area (Å²) < 4.78 is 19.2. The van der Waals surface area contributed by atoms with E-state index in [0.29, 0.717) is 17.8 Å². The highest BCUT2D eigenvalue weighted by molar-refractivity contribution is 5.89. The highest BCUT2D eigenvalue weighted by Crippen LogP contribution is 2.26. The van der Waals surface area contributed by atoms with E-state index in [9.17, 15) is 9.18 Å². The maximum Gasteiger partial charge on any atom is 0.414 e. The Bertz CT molecular complexity index is 568. The third-order valence-corrected chi connectivity index (χ3v) is 3.87. The van der Waals surface area contributed by atoms with E-state index in [0.717, 1.165) is 19.3 Å². The number of carbonyl (C=O) groups excluding carboxylic acids is 1. The van der Waals surface area contributed by atoms with Gasteiger partial charge in [0.05, 0.1) is 24.7 Å².